The minimum atomic E-state index is -0.170. The number of terminal acetylenes is 1. The average Bonchev–Trinajstić information content (AvgIpc) is 2.30. The van der Waals surface area contributed by atoms with Gasteiger partial charge in [-0.3, -0.25) is 0 Å². The van der Waals surface area contributed by atoms with E-state index in [1.807, 2.05) is 0 Å². The van der Waals surface area contributed by atoms with Gasteiger partial charge in [0.2, 0.25) is 0 Å². The van der Waals surface area contributed by atoms with Gasteiger partial charge in [0.1, 0.15) is 12.8 Å². The van der Waals surface area contributed by atoms with Crippen molar-refractivity contribution in [1.82, 2.24) is 0 Å². The molecule has 0 rings (SSSR count). The lowest BCUT2D eigenvalue weighted by molar-refractivity contribution is 0.0743. The van der Waals surface area contributed by atoms with Crippen LogP contribution in [0.1, 0.15) is 64.7 Å². The highest BCUT2D eigenvalue weighted by molar-refractivity contribution is 4.83. The van der Waals surface area contributed by atoms with Crippen LogP contribution in [0.4, 0.5) is 0 Å². The zero-order valence-electron chi connectivity index (χ0n) is 10.7. The highest BCUT2D eigenvalue weighted by Gasteiger charge is 2.00. The van der Waals surface area contributed by atoms with E-state index >= 15 is 0 Å². The summed E-state index contributed by atoms with van der Waals surface area (Å²) in [6, 6.07) is 0. The smallest absolute Gasteiger partial charge is 0.109 e. The molecule has 94 valence electrons. The number of nitrogens with two attached hydrogens (primary N) is 1. The molecule has 0 bridgehead atoms. The van der Waals surface area contributed by atoms with Gasteiger partial charge in [-0.2, -0.15) is 0 Å². The SMILES string of the molecule is C#CCOC(N)CCCCCCCCCC. The predicted molar refractivity (Wildman–Crippen MR) is 70.0 cm³/mol. The monoisotopic (exact) mass is 225 g/mol. The average molecular weight is 225 g/mol. The summed E-state index contributed by atoms with van der Waals surface area (Å²) >= 11 is 0. The molecule has 1 unspecified atom stereocenters. The van der Waals surface area contributed by atoms with E-state index in [4.69, 9.17) is 16.9 Å². The van der Waals surface area contributed by atoms with Crippen LogP contribution in [0, 0.1) is 12.3 Å². The summed E-state index contributed by atoms with van der Waals surface area (Å²) in [4.78, 5) is 0. The molecule has 0 saturated carbocycles. The van der Waals surface area contributed by atoms with Crippen LogP contribution in [-0.2, 0) is 4.74 Å². The standard InChI is InChI=1S/C14H27NO/c1-3-5-6-7-8-9-10-11-12-14(15)16-13-4-2/h2,14H,3,5-13,15H2,1H3. The summed E-state index contributed by atoms with van der Waals surface area (Å²) in [5.74, 6) is 2.43. The molecule has 0 aliphatic rings. The number of rotatable bonds is 11. The Hall–Kier alpha value is -0.520. The quantitative estimate of drug-likeness (QED) is 0.332. The van der Waals surface area contributed by atoms with Crippen LogP contribution in [0.5, 0.6) is 0 Å². The molecule has 0 spiro atoms. The Morgan fingerprint density at radius 3 is 2.19 bits per heavy atom. The number of unbranched alkanes of at least 4 members (excludes halogenated alkanes) is 7. The summed E-state index contributed by atoms with van der Waals surface area (Å²) in [6.07, 6.45) is 16.4. The van der Waals surface area contributed by atoms with E-state index < -0.39 is 0 Å². The first-order valence-corrected chi connectivity index (χ1v) is 6.62. The lowest BCUT2D eigenvalue weighted by atomic mass is 10.1. The minimum Gasteiger partial charge on any atom is -0.351 e. The van der Waals surface area contributed by atoms with Gasteiger partial charge >= 0.3 is 0 Å². The van der Waals surface area contributed by atoms with Crippen molar-refractivity contribution in [2.75, 3.05) is 6.61 Å². The first kappa shape index (κ1) is 15.5. The third-order valence-corrected chi connectivity index (χ3v) is 2.72. The van der Waals surface area contributed by atoms with Crippen molar-refractivity contribution in [1.29, 1.82) is 0 Å². The molecule has 0 aliphatic heterocycles. The van der Waals surface area contributed by atoms with E-state index in [9.17, 15) is 0 Å². The summed E-state index contributed by atoms with van der Waals surface area (Å²) in [7, 11) is 0. The van der Waals surface area contributed by atoms with Gasteiger partial charge in [-0.1, -0.05) is 57.8 Å². The lowest BCUT2D eigenvalue weighted by Gasteiger charge is -2.10. The van der Waals surface area contributed by atoms with Crippen molar-refractivity contribution in [2.45, 2.75) is 70.9 Å². The van der Waals surface area contributed by atoms with Crippen LogP contribution >= 0.6 is 0 Å². The third-order valence-electron chi connectivity index (χ3n) is 2.72. The van der Waals surface area contributed by atoms with Crippen LogP contribution < -0.4 is 5.73 Å². The predicted octanol–water partition coefficient (Wildman–Crippen LogP) is 3.45. The van der Waals surface area contributed by atoms with Gasteiger partial charge in [0.15, 0.2) is 0 Å². The summed E-state index contributed by atoms with van der Waals surface area (Å²) < 4.78 is 5.19. The molecular formula is C14H27NO. The molecule has 0 aromatic rings. The topological polar surface area (TPSA) is 35.2 Å². The Morgan fingerprint density at radius 1 is 1.06 bits per heavy atom. The van der Waals surface area contributed by atoms with E-state index in [-0.39, 0.29) is 6.23 Å². The van der Waals surface area contributed by atoms with Gasteiger partial charge in [0.25, 0.3) is 0 Å². The maximum Gasteiger partial charge on any atom is 0.109 e. The van der Waals surface area contributed by atoms with Gasteiger partial charge in [-0.15, -0.1) is 6.42 Å². The Bertz CT molecular complexity index is 174. The largest absolute Gasteiger partial charge is 0.351 e. The van der Waals surface area contributed by atoms with Crippen LogP contribution in [0.15, 0.2) is 0 Å². The molecule has 1 atom stereocenters. The second kappa shape index (κ2) is 12.5. The van der Waals surface area contributed by atoms with Crippen LogP contribution in [0.3, 0.4) is 0 Å². The molecule has 0 saturated heterocycles. The molecule has 2 nitrogen and oxygen atoms in total. The van der Waals surface area contributed by atoms with Crippen LogP contribution in [-0.4, -0.2) is 12.8 Å². The first-order valence-electron chi connectivity index (χ1n) is 6.62. The fourth-order valence-electron chi connectivity index (χ4n) is 1.72. The van der Waals surface area contributed by atoms with Gasteiger partial charge < -0.3 is 10.5 Å². The van der Waals surface area contributed by atoms with Crippen molar-refractivity contribution in [3.63, 3.8) is 0 Å². The molecule has 0 aromatic heterocycles. The Morgan fingerprint density at radius 2 is 1.62 bits per heavy atom. The fraction of sp³-hybridized carbons (Fsp3) is 0.857. The number of hydrogen-bond donors (Lipinski definition) is 1. The third kappa shape index (κ3) is 11.6. The van der Waals surface area contributed by atoms with E-state index in [0.717, 1.165) is 12.8 Å². The second-order valence-electron chi connectivity index (χ2n) is 4.32. The van der Waals surface area contributed by atoms with E-state index in [1.54, 1.807) is 0 Å². The number of hydrogen-bond acceptors (Lipinski definition) is 2. The molecule has 2 N–H and O–H groups in total. The first-order chi connectivity index (χ1) is 7.81. The van der Waals surface area contributed by atoms with Crippen molar-refractivity contribution in [2.24, 2.45) is 5.73 Å². The number of ether oxygens (including phenoxy) is 1. The van der Waals surface area contributed by atoms with E-state index in [0.29, 0.717) is 6.61 Å². The van der Waals surface area contributed by atoms with Crippen LogP contribution in [0.25, 0.3) is 0 Å². The van der Waals surface area contributed by atoms with Gasteiger partial charge in [-0.05, 0) is 12.8 Å². The molecule has 0 heterocycles. The van der Waals surface area contributed by atoms with Crippen molar-refractivity contribution in [3.8, 4) is 12.3 Å². The lowest BCUT2D eigenvalue weighted by Crippen LogP contribution is -2.23. The molecule has 0 aliphatic carbocycles. The van der Waals surface area contributed by atoms with Gasteiger partial charge in [0, 0.05) is 0 Å². The molecule has 16 heavy (non-hydrogen) atoms. The molecule has 2 heteroatoms. The highest BCUT2D eigenvalue weighted by atomic mass is 16.5. The zero-order chi connectivity index (χ0) is 12.1. The Balaban J connectivity index is 3.06. The van der Waals surface area contributed by atoms with Crippen molar-refractivity contribution in [3.05, 3.63) is 0 Å². The second-order valence-corrected chi connectivity index (χ2v) is 4.32. The zero-order valence-corrected chi connectivity index (χ0v) is 10.7. The van der Waals surface area contributed by atoms with Crippen molar-refractivity contribution >= 4 is 0 Å². The molecule has 0 aromatic carbocycles. The van der Waals surface area contributed by atoms with Gasteiger partial charge in [-0.25, -0.2) is 0 Å². The normalized spacial score (nSPS) is 12.3. The maximum absolute atomic E-state index is 5.72. The molecule has 0 fully saturated rings. The minimum absolute atomic E-state index is 0.170. The summed E-state index contributed by atoms with van der Waals surface area (Å²) in [6.45, 7) is 2.58. The van der Waals surface area contributed by atoms with E-state index in [1.165, 1.54) is 44.9 Å². The van der Waals surface area contributed by atoms with Gasteiger partial charge in [0.05, 0.1) is 0 Å². The Kier molecular flexibility index (Phi) is 12.1. The summed E-state index contributed by atoms with van der Waals surface area (Å²) in [5.41, 5.74) is 5.72. The molecule has 0 radical (unpaired) electrons. The Labute approximate surface area is 101 Å². The maximum atomic E-state index is 5.72. The summed E-state index contributed by atoms with van der Waals surface area (Å²) in [5, 5.41) is 0. The van der Waals surface area contributed by atoms with E-state index in [2.05, 4.69) is 12.8 Å². The van der Waals surface area contributed by atoms with Crippen LogP contribution in [0.2, 0.25) is 0 Å². The molecular weight excluding hydrogens is 198 g/mol. The van der Waals surface area contributed by atoms with Crippen molar-refractivity contribution < 1.29 is 4.74 Å². The molecule has 0 amide bonds. The fourth-order valence-corrected chi connectivity index (χ4v) is 1.72. The highest BCUT2D eigenvalue weighted by Crippen LogP contribution is 2.10.